The number of para-hydroxylation sites is 1. The summed E-state index contributed by atoms with van der Waals surface area (Å²) in [5, 5.41) is 6.82. The molecule has 4 heteroatoms. The van der Waals surface area contributed by atoms with Gasteiger partial charge in [-0.25, -0.2) is 9.97 Å². The first kappa shape index (κ1) is 23.0. The third-order valence-corrected chi connectivity index (χ3v) is 8.30. The van der Waals surface area contributed by atoms with Crippen LogP contribution in [0.25, 0.3) is 82.7 Å². The van der Waals surface area contributed by atoms with Gasteiger partial charge in [-0.2, -0.15) is 0 Å². The van der Waals surface area contributed by atoms with Crippen LogP contribution in [-0.2, 0) is 0 Å². The normalized spacial score (nSPS) is 11.8. The highest BCUT2D eigenvalue weighted by molar-refractivity contribution is 6.36. The Kier molecular flexibility index (Phi) is 4.87. The molecule has 42 heavy (non-hydrogen) atoms. The van der Waals surface area contributed by atoms with Crippen LogP contribution < -0.4 is 0 Å². The molecule has 0 fully saturated rings. The second-order valence-corrected chi connectivity index (χ2v) is 10.6. The summed E-state index contributed by atoms with van der Waals surface area (Å²) in [7, 11) is 0. The number of fused-ring (bicyclic) bond motifs is 10. The minimum atomic E-state index is 0.710. The Morgan fingerprint density at radius 1 is 0.500 bits per heavy atom. The molecule has 0 radical (unpaired) electrons. The highest BCUT2D eigenvalue weighted by Crippen LogP contribution is 2.46. The molecule has 3 heterocycles. The van der Waals surface area contributed by atoms with Crippen molar-refractivity contribution < 1.29 is 4.42 Å². The molecule has 0 saturated heterocycles. The quantitative estimate of drug-likeness (QED) is 0.225. The Morgan fingerprint density at radius 2 is 1.17 bits per heavy atom. The van der Waals surface area contributed by atoms with E-state index >= 15 is 0 Å². The maximum Gasteiger partial charge on any atom is 0.159 e. The van der Waals surface area contributed by atoms with Crippen molar-refractivity contribution in [2.75, 3.05) is 0 Å². The predicted octanol–water partition coefficient (Wildman–Crippen LogP) is 9.96. The zero-order valence-electron chi connectivity index (χ0n) is 22.5. The number of nitrogens with zero attached hydrogens (tertiary/aromatic N) is 3. The Balaban J connectivity index is 1.46. The van der Waals surface area contributed by atoms with E-state index in [2.05, 4.69) is 130 Å². The SMILES string of the molecule is c1ccc(-c2ccc(-n3c4ccc(-c5ncccn5)cc4c4c5c6ccccc6oc5c5ccccc5c43)cc2)cc1. The van der Waals surface area contributed by atoms with Crippen LogP contribution >= 0.6 is 0 Å². The summed E-state index contributed by atoms with van der Waals surface area (Å²) in [6, 6.07) is 44.7. The monoisotopic (exact) mass is 537 g/mol. The molecule has 0 unspecified atom stereocenters. The minimum Gasteiger partial charge on any atom is -0.455 e. The van der Waals surface area contributed by atoms with Crippen LogP contribution in [0.5, 0.6) is 0 Å². The van der Waals surface area contributed by atoms with Gasteiger partial charge in [-0.1, -0.05) is 84.9 Å². The molecule has 0 aliphatic carbocycles. The molecule has 9 rings (SSSR count). The fourth-order valence-electron chi connectivity index (χ4n) is 6.46. The second kappa shape index (κ2) is 8.88. The van der Waals surface area contributed by atoms with Crippen LogP contribution in [0.1, 0.15) is 0 Å². The molecule has 0 aliphatic rings. The third-order valence-electron chi connectivity index (χ3n) is 8.30. The van der Waals surface area contributed by atoms with Gasteiger partial charge in [0, 0.05) is 56.0 Å². The minimum absolute atomic E-state index is 0.710. The van der Waals surface area contributed by atoms with Crippen LogP contribution in [0.15, 0.2) is 144 Å². The van der Waals surface area contributed by atoms with Crippen LogP contribution in [0.3, 0.4) is 0 Å². The molecule has 3 aromatic heterocycles. The summed E-state index contributed by atoms with van der Waals surface area (Å²) >= 11 is 0. The summed E-state index contributed by atoms with van der Waals surface area (Å²) in [5.74, 6) is 0.710. The van der Waals surface area contributed by atoms with Crippen molar-refractivity contribution in [3.63, 3.8) is 0 Å². The summed E-state index contributed by atoms with van der Waals surface area (Å²) in [6.45, 7) is 0. The van der Waals surface area contributed by atoms with Crippen molar-refractivity contribution in [1.82, 2.24) is 14.5 Å². The molecule has 0 bridgehead atoms. The number of rotatable bonds is 3. The lowest BCUT2D eigenvalue weighted by molar-refractivity contribution is 0.673. The number of benzene rings is 6. The molecule has 0 N–H and O–H groups in total. The van der Waals surface area contributed by atoms with Crippen LogP contribution in [0.2, 0.25) is 0 Å². The van der Waals surface area contributed by atoms with Gasteiger partial charge in [0.1, 0.15) is 11.2 Å². The summed E-state index contributed by atoms with van der Waals surface area (Å²) in [6.07, 6.45) is 3.58. The lowest BCUT2D eigenvalue weighted by atomic mass is 9.99. The number of hydrogen-bond acceptors (Lipinski definition) is 3. The molecule has 6 aromatic carbocycles. The van der Waals surface area contributed by atoms with Crippen molar-refractivity contribution >= 4 is 54.5 Å². The first-order valence-electron chi connectivity index (χ1n) is 14.1. The summed E-state index contributed by atoms with van der Waals surface area (Å²) in [5.41, 5.74) is 8.58. The summed E-state index contributed by atoms with van der Waals surface area (Å²) in [4.78, 5) is 9.11. The second-order valence-electron chi connectivity index (χ2n) is 10.6. The first-order valence-corrected chi connectivity index (χ1v) is 14.1. The number of aromatic nitrogens is 3. The molecule has 0 aliphatic heterocycles. The van der Waals surface area contributed by atoms with Crippen LogP contribution in [0.4, 0.5) is 0 Å². The average molecular weight is 538 g/mol. The van der Waals surface area contributed by atoms with Crippen molar-refractivity contribution in [2.45, 2.75) is 0 Å². The molecule has 4 nitrogen and oxygen atoms in total. The Bertz CT molecular complexity index is 2440. The Morgan fingerprint density at radius 3 is 1.98 bits per heavy atom. The smallest absolute Gasteiger partial charge is 0.159 e. The molecule has 0 saturated carbocycles. The van der Waals surface area contributed by atoms with Gasteiger partial charge in [0.15, 0.2) is 5.82 Å². The van der Waals surface area contributed by atoms with E-state index in [9.17, 15) is 0 Å². The van der Waals surface area contributed by atoms with E-state index in [4.69, 9.17) is 4.42 Å². The van der Waals surface area contributed by atoms with E-state index in [0.717, 1.165) is 54.9 Å². The standard InChI is InChI=1S/C38H23N3O/c1-2-9-24(10-3-1)25-15-18-27(19-16-25)41-32-20-17-26(38-39-21-8-22-40-38)23-31(32)34-35-30-13-6-7-14-33(30)42-37(35)29-12-5-4-11-28(29)36(34)41/h1-23H. The Hall–Kier alpha value is -5.74. The van der Waals surface area contributed by atoms with Gasteiger partial charge in [0.2, 0.25) is 0 Å². The van der Waals surface area contributed by atoms with Crippen molar-refractivity contribution in [2.24, 2.45) is 0 Å². The van der Waals surface area contributed by atoms with E-state index in [0.29, 0.717) is 5.82 Å². The van der Waals surface area contributed by atoms with Gasteiger partial charge in [-0.05, 0) is 53.6 Å². The van der Waals surface area contributed by atoms with Gasteiger partial charge in [0.05, 0.1) is 11.0 Å². The zero-order valence-corrected chi connectivity index (χ0v) is 22.5. The Labute approximate surface area is 241 Å². The molecule has 0 spiro atoms. The molecule has 196 valence electrons. The molecule has 0 amide bonds. The van der Waals surface area contributed by atoms with E-state index in [-0.39, 0.29) is 0 Å². The largest absolute Gasteiger partial charge is 0.455 e. The molecule has 9 aromatic rings. The topological polar surface area (TPSA) is 43.9 Å². The van der Waals surface area contributed by atoms with E-state index in [1.807, 2.05) is 12.1 Å². The zero-order chi connectivity index (χ0) is 27.6. The highest BCUT2D eigenvalue weighted by Gasteiger charge is 2.23. The fourth-order valence-corrected chi connectivity index (χ4v) is 6.46. The molecule has 0 atom stereocenters. The van der Waals surface area contributed by atoms with Gasteiger partial charge >= 0.3 is 0 Å². The fraction of sp³-hybridized carbons (Fsp3) is 0. The lowest BCUT2D eigenvalue weighted by Crippen LogP contribution is -1.95. The first-order chi connectivity index (χ1) is 20.8. The van der Waals surface area contributed by atoms with E-state index < -0.39 is 0 Å². The third kappa shape index (κ3) is 3.29. The highest BCUT2D eigenvalue weighted by atomic mass is 16.3. The van der Waals surface area contributed by atoms with Crippen LogP contribution in [0, 0.1) is 0 Å². The average Bonchev–Trinajstić information content (AvgIpc) is 3.62. The maximum absolute atomic E-state index is 6.58. The lowest BCUT2D eigenvalue weighted by Gasteiger charge is -2.11. The summed E-state index contributed by atoms with van der Waals surface area (Å²) < 4.78 is 8.98. The van der Waals surface area contributed by atoms with Gasteiger partial charge in [0.25, 0.3) is 0 Å². The van der Waals surface area contributed by atoms with Gasteiger partial charge in [-0.3, -0.25) is 0 Å². The van der Waals surface area contributed by atoms with Crippen molar-refractivity contribution in [3.8, 4) is 28.2 Å². The van der Waals surface area contributed by atoms with Crippen LogP contribution in [-0.4, -0.2) is 14.5 Å². The number of hydrogen-bond donors (Lipinski definition) is 0. The predicted molar refractivity (Wildman–Crippen MR) is 172 cm³/mol. The molecular formula is C38H23N3O. The van der Waals surface area contributed by atoms with E-state index in [1.165, 1.54) is 22.0 Å². The van der Waals surface area contributed by atoms with Gasteiger partial charge in [-0.15, -0.1) is 0 Å². The van der Waals surface area contributed by atoms with Crippen molar-refractivity contribution in [3.05, 3.63) is 140 Å². The van der Waals surface area contributed by atoms with E-state index in [1.54, 1.807) is 12.4 Å². The molecular weight excluding hydrogens is 514 g/mol. The number of furan rings is 1. The van der Waals surface area contributed by atoms with Crippen molar-refractivity contribution in [1.29, 1.82) is 0 Å². The van der Waals surface area contributed by atoms with Gasteiger partial charge < -0.3 is 8.98 Å². The maximum atomic E-state index is 6.58.